The van der Waals surface area contributed by atoms with E-state index in [9.17, 15) is 4.79 Å². The molecule has 0 saturated carbocycles. The molecule has 0 fully saturated rings. The number of carbonyl (C=O) groups is 1. The van der Waals surface area contributed by atoms with Crippen molar-refractivity contribution in [2.24, 2.45) is 0 Å². The van der Waals surface area contributed by atoms with E-state index in [1.807, 2.05) is 0 Å². The van der Waals surface area contributed by atoms with Crippen LogP contribution in [0.4, 0.5) is 0 Å². The molecule has 0 spiro atoms. The van der Waals surface area contributed by atoms with E-state index in [0.29, 0.717) is 22.8 Å². The van der Waals surface area contributed by atoms with Gasteiger partial charge in [0.1, 0.15) is 0 Å². The van der Waals surface area contributed by atoms with Gasteiger partial charge in [-0.05, 0) is 26.0 Å². The van der Waals surface area contributed by atoms with Crippen molar-refractivity contribution in [3.05, 3.63) is 35.9 Å². The van der Waals surface area contributed by atoms with Gasteiger partial charge in [0.25, 0.3) is 0 Å². The van der Waals surface area contributed by atoms with E-state index >= 15 is 0 Å². The van der Waals surface area contributed by atoms with Crippen molar-refractivity contribution < 1.29 is 9.21 Å². The van der Waals surface area contributed by atoms with Gasteiger partial charge in [0.05, 0.1) is 17.5 Å². The number of hydrogen-bond donors (Lipinski definition) is 0. The van der Waals surface area contributed by atoms with Gasteiger partial charge in [-0.3, -0.25) is 4.79 Å². The van der Waals surface area contributed by atoms with Crippen molar-refractivity contribution in [1.29, 1.82) is 0 Å². The highest BCUT2D eigenvalue weighted by molar-refractivity contribution is 5.94. The first-order valence-corrected chi connectivity index (χ1v) is 4.57. The Morgan fingerprint density at radius 2 is 2.27 bits per heavy atom. The van der Waals surface area contributed by atoms with Crippen LogP contribution in [0.3, 0.4) is 0 Å². The van der Waals surface area contributed by atoms with Crippen molar-refractivity contribution in [1.82, 2.24) is 9.97 Å². The van der Waals surface area contributed by atoms with Crippen LogP contribution < -0.4 is 0 Å². The average molecular weight is 202 g/mol. The normalized spacial score (nSPS) is 10.3. The lowest BCUT2D eigenvalue weighted by molar-refractivity contribution is 0.101. The fraction of sp³-hybridized carbons (Fsp3) is 0.182. The van der Waals surface area contributed by atoms with E-state index in [2.05, 4.69) is 9.97 Å². The molecule has 0 aliphatic rings. The lowest BCUT2D eigenvalue weighted by Crippen LogP contribution is -2.01. The Morgan fingerprint density at radius 1 is 1.47 bits per heavy atom. The molecule has 4 nitrogen and oxygen atoms in total. The molecule has 15 heavy (non-hydrogen) atoms. The zero-order chi connectivity index (χ0) is 10.8. The van der Waals surface area contributed by atoms with Gasteiger partial charge in [-0.15, -0.1) is 0 Å². The monoisotopic (exact) mass is 202 g/mol. The summed E-state index contributed by atoms with van der Waals surface area (Å²) in [6.07, 6.45) is 3.09. The molecule has 0 atom stereocenters. The van der Waals surface area contributed by atoms with Crippen LogP contribution in [0.15, 0.2) is 29.0 Å². The van der Waals surface area contributed by atoms with Crippen LogP contribution >= 0.6 is 0 Å². The van der Waals surface area contributed by atoms with Crippen molar-refractivity contribution in [3.8, 4) is 11.6 Å². The van der Waals surface area contributed by atoms with Crippen LogP contribution in [-0.4, -0.2) is 15.8 Å². The van der Waals surface area contributed by atoms with E-state index in [-0.39, 0.29) is 5.78 Å². The van der Waals surface area contributed by atoms with Crippen LogP contribution in [0.25, 0.3) is 11.6 Å². The first-order chi connectivity index (χ1) is 7.18. The van der Waals surface area contributed by atoms with Gasteiger partial charge in [-0.2, -0.15) is 0 Å². The molecular formula is C11H10N2O2. The number of furan rings is 1. The Balaban J connectivity index is 2.47. The van der Waals surface area contributed by atoms with Gasteiger partial charge < -0.3 is 4.42 Å². The fourth-order valence-electron chi connectivity index (χ4n) is 1.34. The second kappa shape index (κ2) is 3.65. The Labute approximate surface area is 87.0 Å². The van der Waals surface area contributed by atoms with Gasteiger partial charge >= 0.3 is 0 Å². The van der Waals surface area contributed by atoms with Crippen LogP contribution in [0, 0.1) is 6.92 Å². The highest BCUT2D eigenvalue weighted by Crippen LogP contribution is 2.16. The lowest BCUT2D eigenvalue weighted by Gasteiger charge is -2.01. The maximum atomic E-state index is 11.2. The predicted octanol–water partition coefficient (Wildman–Crippen LogP) is 2.25. The highest BCUT2D eigenvalue weighted by atomic mass is 16.3. The molecule has 76 valence electrons. The topological polar surface area (TPSA) is 56.0 Å². The van der Waals surface area contributed by atoms with E-state index in [1.165, 1.54) is 13.1 Å². The Morgan fingerprint density at radius 3 is 2.80 bits per heavy atom. The Kier molecular flexibility index (Phi) is 2.33. The van der Waals surface area contributed by atoms with Gasteiger partial charge in [0.15, 0.2) is 17.4 Å². The summed E-state index contributed by atoms with van der Waals surface area (Å²) in [5.41, 5.74) is 1.22. The quantitative estimate of drug-likeness (QED) is 0.701. The molecule has 0 amide bonds. The smallest absolute Gasteiger partial charge is 0.195 e. The van der Waals surface area contributed by atoms with Crippen molar-refractivity contribution in [2.45, 2.75) is 13.8 Å². The molecule has 4 heteroatoms. The number of Topliss-reactive ketones (excluding diaryl/α,β-unsaturated/α-hetero) is 1. The molecule has 2 aromatic heterocycles. The summed E-state index contributed by atoms with van der Waals surface area (Å²) >= 11 is 0. The molecule has 0 aliphatic carbocycles. The zero-order valence-corrected chi connectivity index (χ0v) is 8.52. The average Bonchev–Trinajstić information content (AvgIpc) is 2.69. The summed E-state index contributed by atoms with van der Waals surface area (Å²) in [4.78, 5) is 19.4. The van der Waals surface area contributed by atoms with Crippen LogP contribution in [0.2, 0.25) is 0 Å². The first kappa shape index (κ1) is 9.58. The third kappa shape index (κ3) is 1.79. The number of nitrogens with zero attached hydrogens (tertiary/aromatic N) is 2. The SMILES string of the molecule is CC(=O)c1cnc(-c2ccco2)nc1C. The molecule has 2 heterocycles. The molecule has 0 bridgehead atoms. The first-order valence-electron chi connectivity index (χ1n) is 4.57. The zero-order valence-electron chi connectivity index (χ0n) is 8.52. The number of rotatable bonds is 2. The van der Waals surface area contributed by atoms with Crippen molar-refractivity contribution in [3.63, 3.8) is 0 Å². The minimum Gasteiger partial charge on any atom is -0.461 e. The third-order valence-corrected chi connectivity index (χ3v) is 2.10. The van der Waals surface area contributed by atoms with E-state index in [0.717, 1.165) is 0 Å². The minimum absolute atomic E-state index is 0.0292. The van der Waals surface area contributed by atoms with Gasteiger partial charge in [-0.1, -0.05) is 0 Å². The van der Waals surface area contributed by atoms with Gasteiger partial charge in [0.2, 0.25) is 0 Å². The fourth-order valence-corrected chi connectivity index (χ4v) is 1.34. The minimum atomic E-state index is -0.0292. The maximum absolute atomic E-state index is 11.2. The number of aryl methyl sites for hydroxylation is 1. The lowest BCUT2D eigenvalue weighted by atomic mass is 10.2. The maximum Gasteiger partial charge on any atom is 0.195 e. The molecule has 0 aliphatic heterocycles. The number of carbonyl (C=O) groups excluding carboxylic acids is 1. The summed E-state index contributed by atoms with van der Waals surface area (Å²) in [5, 5.41) is 0. The molecule has 0 aromatic carbocycles. The van der Waals surface area contributed by atoms with Crippen molar-refractivity contribution >= 4 is 5.78 Å². The molecule has 2 rings (SSSR count). The standard InChI is InChI=1S/C11H10N2O2/c1-7-9(8(2)14)6-12-11(13-7)10-4-3-5-15-10/h3-6H,1-2H3. The molecule has 0 radical (unpaired) electrons. The summed E-state index contributed by atoms with van der Waals surface area (Å²) in [7, 11) is 0. The van der Waals surface area contributed by atoms with Crippen molar-refractivity contribution in [2.75, 3.05) is 0 Å². The second-order valence-electron chi connectivity index (χ2n) is 3.23. The van der Waals surface area contributed by atoms with Crippen LogP contribution in [0.5, 0.6) is 0 Å². The predicted molar refractivity (Wildman–Crippen MR) is 54.5 cm³/mol. The third-order valence-electron chi connectivity index (χ3n) is 2.10. The highest BCUT2D eigenvalue weighted by Gasteiger charge is 2.09. The molecule has 0 saturated heterocycles. The van der Waals surface area contributed by atoms with E-state index < -0.39 is 0 Å². The van der Waals surface area contributed by atoms with E-state index in [4.69, 9.17) is 4.42 Å². The van der Waals surface area contributed by atoms with Gasteiger partial charge in [0, 0.05) is 6.20 Å². The number of ketones is 1. The summed E-state index contributed by atoms with van der Waals surface area (Å²) in [5.74, 6) is 1.08. The molecule has 0 N–H and O–H groups in total. The number of aromatic nitrogens is 2. The molecule has 2 aromatic rings. The Hall–Kier alpha value is -1.97. The van der Waals surface area contributed by atoms with Crippen LogP contribution in [-0.2, 0) is 0 Å². The second-order valence-corrected chi connectivity index (χ2v) is 3.23. The largest absolute Gasteiger partial charge is 0.461 e. The number of hydrogen-bond acceptors (Lipinski definition) is 4. The van der Waals surface area contributed by atoms with Crippen LogP contribution in [0.1, 0.15) is 23.0 Å². The summed E-state index contributed by atoms with van der Waals surface area (Å²) in [6, 6.07) is 3.55. The molecule has 0 unspecified atom stereocenters. The summed E-state index contributed by atoms with van der Waals surface area (Å²) in [6.45, 7) is 3.28. The summed E-state index contributed by atoms with van der Waals surface area (Å²) < 4.78 is 5.16. The Bertz CT molecular complexity index is 489. The van der Waals surface area contributed by atoms with Gasteiger partial charge in [-0.25, -0.2) is 9.97 Å². The molecular weight excluding hydrogens is 192 g/mol. The van der Waals surface area contributed by atoms with E-state index in [1.54, 1.807) is 25.3 Å².